The molecule has 0 bridgehead atoms. The van der Waals surface area contributed by atoms with Crippen molar-refractivity contribution in [2.45, 2.75) is 71.6 Å². The molecule has 1 rings (SSSR count). The Balaban J connectivity index is 2.86. The van der Waals surface area contributed by atoms with Crippen LogP contribution in [0.25, 0.3) is 0 Å². The highest BCUT2D eigenvalue weighted by Gasteiger charge is 2.28. The lowest BCUT2D eigenvalue weighted by atomic mass is 10.0. The Bertz CT molecular complexity index is 723. The Morgan fingerprint density at radius 1 is 1.13 bits per heavy atom. The Morgan fingerprint density at radius 3 is 2.32 bits per heavy atom. The average molecular weight is 434 g/mol. The summed E-state index contributed by atoms with van der Waals surface area (Å²) in [5.74, 6) is -1.09. The smallest absolute Gasteiger partial charge is 0.407 e. The highest BCUT2D eigenvalue weighted by Crippen LogP contribution is 2.14. The van der Waals surface area contributed by atoms with Gasteiger partial charge < -0.3 is 19.5 Å². The molecule has 0 heterocycles. The van der Waals surface area contributed by atoms with Crippen molar-refractivity contribution < 1.29 is 28.6 Å². The number of nitrogens with one attached hydrogen (secondary N) is 1. The summed E-state index contributed by atoms with van der Waals surface area (Å²) in [4.78, 5) is 37.2. The second-order valence-electron chi connectivity index (χ2n) is 8.76. The van der Waals surface area contributed by atoms with Gasteiger partial charge in [-0.15, -0.1) is 0 Å². The minimum Gasteiger partial charge on any atom is -0.459 e. The molecule has 0 radical (unpaired) electrons. The molecule has 0 spiro atoms. The molecule has 2 atom stereocenters. The van der Waals surface area contributed by atoms with Gasteiger partial charge in [0, 0.05) is 6.04 Å². The number of benzene rings is 1. The number of hydrogen-bond acceptors (Lipinski definition) is 6. The summed E-state index contributed by atoms with van der Waals surface area (Å²) in [7, 11) is 0. The summed E-state index contributed by atoms with van der Waals surface area (Å²) < 4.78 is 15.8. The molecule has 0 aliphatic heterocycles. The van der Waals surface area contributed by atoms with Crippen molar-refractivity contribution in [2.75, 3.05) is 6.61 Å². The van der Waals surface area contributed by atoms with Crippen LogP contribution in [-0.4, -0.2) is 42.4 Å². The van der Waals surface area contributed by atoms with Gasteiger partial charge in [-0.1, -0.05) is 56.8 Å². The first kappa shape index (κ1) is 26.2. The maximum absolute atomic E-state index is 12.6. The van der Waals surface area contributed by atoms with E-state index in [1.54, 1.807) is 20.8 Å². The molecule has 0 fully saturated rings. The third-order valence-corrected chi connectivity index (χ3v) is 4.02. The number of hydrogen-bond donors (Lipinski definition) is 1. The minimum absolute atomic E-state index is 0.0435. The van der Waals surface area contributed by atoms with E-state index in [-0.39, 0.29) is 18.9 Å². The predicted octanol–water partition coefficient (Wildman–Crippen LogP) is 4.20. The Labute approximate surface area is 185 Å². The largest absolute Gasteiger partial charge is 0.459 e. The maximum Gasteiger partial charge on any atom is 0.407 e. The van der Waals surface area contributed by atoms with Crippen LogP contribution in [0.1, 0.15) is 53.0 Å². The highest BCUT2D eigenvalue weighted by atomic mass is 16.6. The fourth-order valence-corrected chi connectivity index (χ4v) is 2.81. The Kier molecular flexibility index (Phi) is 10.8. The fraction of sp³-hybridized carbons (Fsp3) is 0.542. The predicted molar refractivity (Wildman–Crippen MR) is 118 cm³/mol. The molecular formula is C24H35NO6. The van der Waals surface area contributed by atoms with Crippen LogP contribution in [0.2, 0.25) is 0 Å². The van der Waals surface area contributed by atoms with Crippen molar-refractivity contribution in [3.63, 3.8) is 0 Å². The number of esters is 2. The second-order valence-corrected chi connectivity index (χ2v) is 8.76. The summed E-state index contributed by atoms with van der Waals surface area (Å²) in [6.45, 7) is 12.7. The molecule has 7 heteroatoms. The Morgan fingerprint density at radius 2 is 1.77 bits per heavy atom. The summed E-state index contributed by atoms with van der Waals surface area (Å²) in [6, 6.07) is 8.90. The van der Waals surface area contributed by atoms with Crippen LogP contribution >= 0.6 is 0 Å². The normalized spacial score (nSPS) is 13.1. The lowest BCUT2D eigenvalue weighted by Crippen LogP contribution is -2.42. The van der Waals surface area contributed by atoms with E-state index in [1.807, 2.05) is 44.2 Å². The number of alkyl carbamates (subject to hydrolysis) is 1. The Hall–Kier alpha value is -2.83. The van der Waals surface area contributed by atoms with E-state index in [9.17, 15) is 14.4 Å². The quantitative estimate of drug-likeness (QED) is 0.319. The van der Waals surface area contributed by atoms with Crippen molar-refractivity contribution in [3.8, 4) is 0 Å². The van der Waals surface area contributed by atoms with Crippen LogP contribution in [0.5, 0.6) is 0 Å². The number of ether oxygens (including phenoxy) is 3. The van der Waals surface area contributed by atoms with Gasteiger partial charge in [-0.3, -0.25) is 4.79 Å². The summed E-state index contributed by atoms with van der Waals surface area (Å²) in [5, 5.41) is 2.74. The van der Waals surface area contributed by atoms with Gasteiger partial charge in [0.25, 0.3) is 0 Å². The third kappa shape index (κ3) is 11.8. The molecule has 0 aliphatic rings. The SMILES string of the molecule is C=CCOC(=O)C(CC(C)C)OC(=O)CC(Cc1ccccc1)NC(=O)OC(C)(C)C. The van der Waals surface area contributed by atoms with Crippen LogP contribution < -0.4 is 5.32 Å². The molecule has 7 nitrogen and oxygen atoms in total. The van der Waals surface area contributed by atoms with Gasteiger partial charge in [0.05, 0.1) is 6.42 Å². The van der Waals surface area contributed by atoms with Crippen molar-refractivity contribution in [2.24, 2.45) is 5.92 Å². The molecule has 0 saturated carbocycles. The molecule has 1 amide bonds. The topological polar surface area (TPSA) is 90.9 Å². The van der Waals surface area contributed by atoms with E-state index in [0.717, 1.165) is 5.56 Å². The first-order valence-corrected chi connectivity index (χ1v) is 10.5. The van der Waals surface area contributed by atoms with Gasteiger partial charge in [0.1, 0.15) is 12.2 Å². The molecule has 0 aliphatic carbocycles. The summed E-state index contributed by atoms with van der Waals surface area (Å²) >= 11 is 0. The van der Waals surface area contributed by atoms with Crippen molar-refractivity contribution >= 4 is 18.0 Å². The molecule has 172 valence electrons. The third-order valence-electron chi connectivity index (χ3n) is 4.02. The lowest BCUT2D eigenvalue weighted by molar-refractivity contribution is -0.168. The van der Waals surface area contributed by atoms with E-state index in [0.29, 0.717) is 12.8 Å². The first-order chi connectivity index (χ1) is 14.5. The van der Waals surface area contributed by atoms with Gasteiger partial charge >= 0.3 is 18.0 Å². The zero-order valence-corrected chi connectivity index (χ0v) is 19.2. The summed E-state index contributed by atoms with van der Waals surface area (Å²) in [5.41, 5.74) is 0.277. The number of rotatable bonds is 11. The van der Waals surface area contributed by atoms with Crippen molar-refractivity contribution in [1.82, 2.24) is 5.32 Å². The van der Waals surface area contributed by atoms with E-state index < -0.39 is 35.8 Å². The highest BCUT2D eigenvalue weighted by molar-refractivity contribution is 5.80. The van der Waals surface area contributed by atoms with Crippen LogP contribution in [0.4, 0.5) is 4.79 Å². The molecule has 1 N–H and O–H groups in total. The molecule has 0 aromatic heterocycles. The number of carbonyl (C=O) groups excluding carboxylic acids is 3. The van der Waals surface area contributed by atoms with Crippen LogP contribution in [0.3, 0.4) is 0 Å². The molecular weight excluding hydrogens is 398 g/mol. The standard InChI is InChI=1S/C24H35NO6/c1-7-13-29-22(27)20(14-17(2)3)30-21(26)16-19(15-18-11-9-8-10-12-18)25-23(28)31-24(4,5)6/h7-12,17,19-20H,1,13-16H2,2-6H3,(H,25,28). The van der Waals surface area contributed by atoms with E-state index in [2.05, 4.69) is 11.9 Å². The van der Waals surface area contributed by atoms with E-state index in [1.165, 1.54) is 6.08 Å². The maximum atomic E-state index is 12.6. The summed E-state index contributed by atoms with van der Waals surface area (Å²) in [6.07, 6.45) is 0.455. The van der Waals surface area contributed by atoms with Crippen molar-refractivity contribution in [1.29, 1.82) is 0 Å². The van der Waals surface area contributed by atoms with Crippen LogP contribution in [0, 0.1) is 5.92 Å². The number of carbonyl (C=O) groups is 3. The monoisotopic (exact) mass is 433 g/mol. The van der Waals surface area contributed by atoms with Gasteiger partial charge in [-0.25, -0.2) is 9.59 Å². The molecule has 1 aromatic carbocycles. The molecule has 31 heavy (non-hydrogen) atoms. The van der Waals surface area contributed by atoms with E-state index >= 15 is 0 Å². The van der Waals surface area contributed by atoms with Gasteiger partial charge in [-0.2, -0.15) is 0 Å². The van der Waals surface area contributed by atoms with Crippen LogP contribution in [-0.2, 0) is 30.2 Å². The molecule has 0 saturated heterocycles. The molecule has 2 unspecified atom stereocenters. The zero-order valence-electron chi connectivity index (χ0n) is 19.2. The van der Waals surface area contributed by atoms with Crippen molar-refractivity contribution in [3.05, 3.63) is 48.6 Å². The minimum atomic E-state index is -1.01. The second kappa shape index (κ2) is 12.8. The lowest BCUT2D eigenvalue weighted by Gasteiger charge is -2.24. The van der Waals surface area contributed by atoms with E-state index in [4.69, 9.17) is 14.2 Å². The van der Waals surface area contributed by atoms with Gasteiger partial charge in [-0.05, 0) is 45.1 Å². The average Bonchev–Trinajstić information content (AvgIpc) is 2.64. The zero-order chi connectivity index (χ0) is 23.4. The molecule has 1 aromatic rings. The first-order valence-electron chi connectivity index (χ1n) is 10.5. The van der Waals surface area contributed by atoms with Crippen LogP contribution in [0.15, 0.2) is 43.0 Å². The fourth-order valence-electron chi connectivity index (χ4n) is 2.81. The number of amides is 1. The van der Waals surface area contributed by atoms with Gasteiger partial charge in [0.15, 0.2) is 6.10 Å². The van der Waals surface area contributed by atoms with Gasteiger partial charge in [0.2, 0.25) is 0 Å².